The highest BCUT2D eigenvalue weighted by molar-refractivity contribution is 6.09. The van der Waals surface area contributed by atoms with Crippen LogP contribution in [-0.2, 0) is 11.2 Å². The first kappa shape index (κ1) is 25.6. The normalized spacial score (nSPS) is 14.1. The second-order valence-electron chi connectivity index (χ2n) is 9.42. The van der Waals surface area contributed by atoms with Gasteiger partial charge in [-0.3, -0.25) is 19.5 Å². The number of nitrogens with zero attached hydrogens (tertiary/aromatic N) is 5. The average molecular weight is 486 g/mol. The minimum Gasteiger partial charge on any atom is -0.343 e. The van der Waals surface area contributed by atoms with Crippen molar-refractivity contribution in [1.82, 2.24) is 19.4 Å². The summed E-state index contributed by atoms with van der Waals surface area (Å²) >= 11 is 0. The summed E-state index contributed by atoms with van der Waals surface area (Å²) < 4.78 is 2.06. The third-order valence-corrected chi connectivity index (χ3v) is 7.15. The zero-order valence-corrected chi connectivity index (χ0v) is 21.6. The molecule has 7 heteroatoms. The number of aryl methyl sites for hydroxylation is 1. The number of aromatic nitrogens is 2. The molecule has 1 aliphatic rings. The first-order chi connectivity index (χ1) is 17.5. The SMILES string of the molecule is [C-]#[N+]c1ccc(-n2c(C)c(C(=O)CN3CCCCC3)c3nc(CCC(=O)N(CC)CC)ccc32)cc1. The molecular weight excluding hydrogens is 450 g/mol. The number of benzene rings is 1. The zero-order chi connectivity index (χ0) is 25.7. The molecule has 1 saturated heterocycles. The van der Waals surface area contributed by atoms with Crippen LogP contribution in [0.25, 0.3) is 21.6 Å². The lowest BCUT2D eigenvalue weighted by atomic mass is 10.1. The lowest BCUT2D eigenvalue weighted by Crippen LogP contribution is -2.34. The monoisotopic (exact) mass is 485 g/mol. The van der Waals surface area contributed by atoms with E-state index < -0.39 is 0 Å². The maximum Gasteiger partial charge on any atom is 0.222 e. The molecule has 0 bridgehead atoms. The first-order valence-electron chi connectivity index (χ1n) is 13.0. The van der Waals surface area contributed by atoms with E-state index in [0.29, 0.717) is 49.2 Å². The number of hydrogen-bond donors (Lipinski definition) is 0. The number of piperidine rings is 1. The second-order valence-corrected chi connectivity index (χ2v) is 9.42. The molecule has 0 aliphatic carbocycles. The van der Waals surface area contributed by atoms with Crippen molar-refractivity contribution in [2.45, 2.75) is 52.9 Å². The summed E-state index contributed by atoms with van der Waals surface area (Å²) in [6, 6.07) is 11.4. The highest BCUT2D eigenvalue weighted by Gasteiger charge is 2.25. The maximum absolute atomic E-state index is 13.6. The minimum absolute atomic E-state index is 0.0831. The molecule has 1 aromatic carbocycles. The molecule has 2 aromatic heterocycles. The highest BCUT2D eigenvalue weighted by atomic mass is 16.2. The number of likely N-dealkylation sites (tertiary alicyclic amines) is 1. The summed E-state index contributed by atoms with van der Waals surface area (Å²) in [6.07, 6.45) is 4.42. The zero-order valence-electron chi connectivity index (χ0n) is 21.6. The van der Waals surface area contributed by atoms with Gasteiger partial charge in [-0.2, -0.15) is 0 Å². The van der Waals surface area contributed by atoms with E-state index in [-0.39, 0.29) is 11.7 Å². The van der Waals surface area contributed by atoms with Gasteiger partial charge in [0.05, 0.1) is 29.7 Å². The molecule has 1 aliphatic heterocycles. The highest BCUT2D eigenvalue weighted by Crippen LogP contribution is 2.30. The Labute approximate surface area is 213 Å². The molecule has 1 fully saturated rings. The van der Waals surface area contributed by atoms with E-state index in [9.17, 15) is 9.59 Å². The van der Waals surface area contributed by atoms with Crippen molar-refractivity contribution >= 4 is 28.4 Å². The van der Waals surface area contributed by atoms with Crippen molar-refractivity contribution in [3.63, 3.8) is 0 Å². The average Bonchev–Trinajstić information content (AvgIpc) is 3.19. The molecule has 0 N–H and O–H groups in total. The number of Topliss-reactive ketones (excluding diaryl/α,β-unsaturated/α-hetero) is 1. The number of amides is 1. The fraction of sp³-hybridized carbons (Fsp3) is 0.448. The molecule has 36 heavy (non-hydrogen) atoms. The van der Waals surface area contributed by atoms with Gasteiger partial charge in [0.1, 0.15) is 0 Å². The lowest BCUT2D eigenvalue weighted by molar-refractivity contribution is -0.130. The van der Waals surface area contributed by atoms with E-state index in [1.807, 2.05) is 49.9 Å². The topological polar surface area (TPSA) is 62.8 Å². The van der Waals surface area contributed by atoms with E-state index in [1.165, 1.54) is 6.42 Å². The Balaban J connectivity index is 1.73. The van der Waals surface area contributed by atoms with Crippen molar-refractivity contribution in [1.29, 1.82) is 0 Å². The van der Waals surface area contributed by atoms with Gasteiger partial charge in [0, 0.05) is 36.6 Å². The Bertz CT molecular complexity index is 1280. The molecule has 4 rings (SSSR count). The number of hydrogen-bond acceptors (Lipinski definition) is 4. The van der Waals surface area contributed by atoms with Gasteiger partial charge in [-0.25, -0.2) is 4.85 Å². The van der Waals surface area contributed by atoms with Crippen LogP contribution in [0.3, 0.4) is 0 Å². The van der Waals surface area contributed by atoms with Gasteiger partial charge < -0.3 is 9.47 Å². The van der Waals surface area contributed by atoms with Gasteiger partial charge in [-0.05, 0) is 77.4 Å². The van der Waals surface area contributed by atoms with Crippen molar-refractivity contribution < 1.29 is 9.59 Å². The number of carbonyl (C=O) groups is 2. The number of ketones is 1. The smallest absolute Gasteiger partial charge is 0.222 e. The van der Waals surface area contributed by atoms with Crippen molar-refractivity contribution in [2.24, 2.45) is 0 Å². The van der Waals surface area contributed by atoms with Crippen molar-refractivity contribution in [3.05, 3.63) is 64.8 Å². The van der Waals surface area contributed by atoms with Crippen LogP contribution in [0, 0.1) is 13.5 Å². The standard InChI is InChI=1S/C29H35N5O2/c1-5-33(6-2)27(36)17-13-23-12-16-25-29(31-23)28(26(35)20-32-18-8-7-9-19-32)21(3)34(25)24-14-10-22(30-4)11-15-24/h10-12,14-16H,5-9,13,17-20H2,1-3H3. The number of fused-ring (bicyclic) bond motifs is 1. The van der Waals surface area contributed by atoms with Gasteiger partial charge >= 0.3 is 0 Å². The molecular formula is C29H35N5O2. The molecule has 0 atom stereocenters. The van der Waals surface area contributed by atoms with Gasteiger partial charge in [0.15, 0.2) is 11.5 Å². The van der Waals surface area contributed by atoms with Gasteiger partial charge in [-0.15, -0.1) is 0 Å². The van der Waals surface area contributed by atoms with E-state index >= 15 is 0 Å². The Kier molecular flexibility index (Phi) is 8.17. The summed E-state index contributed by atoms with van der Waals surface area (Å²) in [7, 11) is 0. The van der Waals surface area contributed by atoms with Crippen LogP contribution in [0.1, 0.15) is 61.3 Å². The first-order valence-corrected chi connectivity index (χ1v) is 13.0. The van der Waals surface area contributed by atoms with E-state index in [0.717, 1.165) is 48.5 Å². The summed E-state index contributed by atoms with van der Waals surface area (Å²) in [5.74, 6) is 0.205. The Morgan fingerprint density at radius 2 is 1.72 bits per heavy atom. The number of carbonyl (C=O) groups excluding carboxylic acids is 2. The van der Waals surface area contributed by atoms with Crippen LogP contribution in [0.2, 0.25) is 0 Å². The van der Waals surface area contributed by atoms with Gasteiger partial charge in [0.25, 0.3) is 0 Å². The summed E-state index contributed by atoms with van der Waals surface area (Å²) in [5.41, 5.74) is 5.35. The van der Waals surface area contributed by atoms with E-state index in [4.69, 9.17) is 11.6 Å². The van der Waals surface area contributed by atoms with Crippen molar-refractivity contribution in [3.8, 4) is 5.69 Å². The molecule has 1 amide bonds. The third-order valence-electron chi connectivity index (χ3n) is 7.15. The molecule has 3 heterocycles. The second kappa shape index (κ2) is 11.5. The van der Waals surface area contributed by atoms with Crippen LogP contribution in [0.15, 0.2) is 36.4 Å². The third kappa shape index (κ3) is 5.34. The minimum atomic E-state index is 0.0831. The summed E-state index contributed by atoms with van der Waals surface area (Å²) in [6.45, 7) is 16.9. The van der Waals surface area contributed by atoms with Crippen LogP contribution < -0.4 is 0 Å². The molecule has 0 saturated carbocycles. The van der Waals surface area contributed by atoms with Crippen LogP contribution in [0.5, 0.6) is 0 Å². The predicted molar refractivity (Wildman–Crippen MR) is 143 cm³/mol. The van der Waals surface area contributed by atoms with Crippen molar-refractivity contribution in [2.75, 3.05) is 32.7 Å². The van der Waals surface area contributed by atoms with Crippen LogP contribution in [0.4, 0.5) is 5.69 Å². The van der Waals surface area contributed by atoms with E-state index in [1.54, 1.807) is 12.1 Å². The molecule has 0 spiro atoms. The fourth-order valence-corrected chi connectivity index (χ4v) is 5.17. The molecule has 0 unspecified atom stereocenters. The Morgan fingerprint density at radius 3 is 2.36 bits per heavy atom. The van der Waals surface area contributed by atoms with Gasteiger partial charge in [-0.1, -0.05) is 18.6 Å². The Hall–Kier alpha value is -3.50. The molecule has 7 nitrogen and oxygen atoms in total. The summed E-state index contributed by atoms with van der Waals surface area (Å²) in [5, 5.41) is 0. The Morgan fingerprint density at radius 1 is 1.03 bits per heavy atom. The number of rotatable bonds is 9. The van der Waals surface area contributed by atoms with E-state index in [2.05, 4.69) is 14.3 Å². The van der Waals surface area contributed by atoms with Gasteiger partial charge in [0.2, 0.25) is 5.91 Å². The number of pyridine rings is 1. The largest absolute Gasteiger partial charge is 0.343 e. The summed E-state index contributed by atoms with van der Waals surface area (Å²) in [4.78, 5) is 38.7. The molecule has 0 radical (unpaired) electrons. The predicted octanol–water partition coefficient (Wildman–Crippen LogP) is 5.35. The lowest BCUT2D eigenvalue weighted by Gasteiger charge is -2.25. The van der Waals surface area contributed by atoms with Crippen LogP contribution >= 0.6 is 0 Å². The van der Waals surface area contributed by atoms with Crippen LogP contribution in [-0.4, -0.2) is 63.8 Å². The molecule has 188 valence electrons. The fourth-order valence-electron chi connectivity index (χ4n) is 5.17. The molecule has 3 aromatic rings. The quantitative estimate of drug-likeness (QED) is 0.303. The maximum atomic E-state index is 13.6.